The van der Waals surface area contributed by atoms with E-state index in [1.165, 1.54) is 0 Å². The van der Waals surface area contributed by atoms with Gasteiger partial charge in [-0.25, -0.2) is 4.98 Å². The molecule has 0 atom stereocenters. The number of pyridine rings is 2. The van der Waals surface area contributed by atoms with Crippen molar-refractivity contribution in [1.82, 2.24) is 19.3 Å². The maximum Gasteiger partial charge on any atom is 0.223 e. The standard InChI is InChI=1S/C18H18N4O/c23-18(22-11-14(12-22)16-5-1-3-9-19-16)8-7-15-13-21-10-4-2-6-17(21)20-15/h1-6,9-10,13-14H,7-8,11-12H2. The molecule has 4 heterocycles. The number of hydrogen-bond acceptors (Lipinski definition) is 3. The zero-order valence-corrected chi connectivity index (χ0v) is 12.8. The lowest BCUT2D eigenvalue weighted by Gasteiger charge is -2.39. The van der Waals surface area contributed by atoms with E-state index >= 15 is 0 Å². The predicted molar refractivity (Wildman–Crippen MR) is 87.1 cm³/mol. The average Bonchev–Trinajstić information content (AvgIpc) is 2.95. The minimum atomic E-state index is 0.203. The Labute approximate surface area is 134 Å². The van der Waals surface area contributed by atoms with E-state index in [4.69, 9.17) is 0 Å². The molecule has 3 aromatic heterocycles. The second-order valence-corrected chi connectivity index (χ2v) is 5.95. The van der Waals surface area contributed by atoms with Crippen molar-refractivity contribution in [2.45, 2.75) is 18.8 Å². The molecule has 1 saturated heterocycles. The van der Waals surface area contributed by atoms with Gasteiger partial charge in [0, 0.05) is 49.7 Å². The highest BCUT2D eigenvalue weighted by molar-refractivity contribution is 5.77. The molecule has 0 radical (unpaired) electrons. The van der Waals surface area contributed by atoms with Crippen molar-refractivity contribution < 1.29 is 4.79 Å². The zero-order valence-electron chi connectivity index (χ0n) is 12.8. The normalized spacial score (nSPS) is 14.9. The maximum absolute atomic E-state index is 12.3. The van der Waals surface area contributed by atoms with E-state index in [0.29, 0.717) is 18.8 Å². The average molecular weight is 306 g/mol. The number of carbonyl (C=O) groups is 1. The number of likely N-dealkylation sites (tertiary alicyclic amines) is 1. The van der Waals surface area contributed by atoms with Gasteiger partial charge in [-0.2, -0.15) is 0 Å². The monoisotopic (exact) mass is 306 g/mol. The lowest BCUT2D eigenvalue weighted by Crippen LogP contribution is -2.48. The van der Waals surface area contributed by atoms with Crippen LogP contribution in [-0.4, -0.2) is 38.3 Å². The molecule has 0 aromatic carbocycles. The van der Waals surface area contributed by atoms with Crippen molar-refractivity contribution in [3.63, 3.8) is 0 Å². The molecule has 4 rings (SSSR count). The van der Waals surface area contributed by atoms with Crippen LogP contribution in [0.25, 0.3) is 5.65 Å². The Morgan fingerprint density at radius 2 is 2.04 bits per heavy atom. The largest absolute Gasteiger partial charge is 0.341 e. The summed E-state index contributed by atoms with van der Waals surface area (Å²) in [5, 5.41) is 0. The predicted octanol–water partition coefficient (Wildman–Crippen LogP) is 2.29. The van der Waals surface area contributed by atoms with Gasteiger partial charge >= 0.3 is 0 Å². The zero-order chi connectivity index (χ0) is 15.6. The van der Waals surface area contributed by atoms with E-state index in [2.05, 4.69) is 9.97 Å². The van der Waals surface area contributed by atoms with E-state index in [1.807, 2.05) is 64.3 Å². The summed E-state index contributed by atoms with van der Waals surface area (Å²) < 4.78 is 1.99. The second-order valence-electron chi connectivity index (χ2n) is 5.95. The molecule has 0 saturated carbocycles. The summed E-state index contributed by atoms with van der Waals surface area (Å²) >= 11 is 0. The third-order valence-electron chi connectivity index (χ3n) is 4.35. The first kappa shape index (κ1) is 13.9. The van der Waals surface area contributed by atoms with Crippen LogP contribution in [-0.2, 0) is 11.2 Å². The van der Waals surface area contributed by atoms with Crippen molar-refractivity contribution >= 4 is 11.6 Å². The molecule has 0 spiro atoms. The Morgan fingerprint density at radius 1 is 1.17 bits per heavy atom. The van der Waals surface area contributed by atoms with Crippen molar-refractivity contribution in [3.8, 4) is 0 Å². The van der Waals surface area contributed by atoms with Crippen LogP contribution in [0.4, 0.5) is 0 Å². The van der Waals surface area contributed by atoms with Crippen molar-refractivity contribution in [1.29, 1.82) is 0 Å². The van der Waals surface area contributed by atoms with E-state index in [1.54, 1.807) is 0 Å². The number of nitrogens with zero attached hydrogens (tertiary/aromatic N) is 4. The van der Waals surface area contributed by atoms with Crippen LogP contribution < -0.4 is 0 Å². The third kappa shape index (κ3) is 2.82. The van der Waals surface area contributed by atoms with Gasteiger partial charge in [-0.3, -0.25) is 9.78 Å². The van der Waals surface area contributed by atoms with Crippen LogP contribution >= 0.6 is 0 Å². The first-order valence-corrected chi connectivity index (χ1v) is 7.91. The van der Waals surface area contributed by atoms with Crippen LogP contribution in [0.2, 0.25) is 0 Å². The van der Waals surface area contributed by atoms with E-state index in [0.717, 1.165) is 30.1 Å². The summed E-state index contributed by atoms with van der Waals surface area (Å²) in [6.07, 6.45) is 6.98. The molecule has 116 valence electrons. The topological polar surface area (TPSA) is 50.5 Å². The second kappa shape index (κ2) is 5.83. The van der Waals surface area contributed by atoms with Gasteiger partial charge in [0.25, 0.3) is 0 Å². The molecule has 1 aliphatic heterocycles. The van der Waals surface area contributed by atoms with E-state index < -0.39 is 0 Å². The molecule has 1 aliphatic rings. The first-order valence-electron chi connectivity index (χ1n) is 7.91. The summed E-state index contributed by atoms with van der Waals surface area (Å²) in [6, 6.07) is 11.9. The van der Waals surface area contributed by atoms with Gasteiger partial charge in [0.05, 0.1) is 5.69 Å². The molecule has 5 nitrogen and oxygen atoms in total. The smallest absolute Gasteiger partial charge is 0.223 e. The van der Waals surface area contributed by atoms with Gasteiger partial charge in [0.15, 0.2) is 0 Å². The van der Waals surface area contributed by atoms with Gasteiger partial charge in [-0.15, -0.1) is 0 Å². The number of fused-ring (bicyclic) bond motifs is 1. The van der Waals surface area contributed by atoms with E-state index in [-0.39, 0.29) is 5.91 Å². The summed E-state index contributed by atoms with van der Waals surface area (Å²) in [4.78, 5) is 23.1. The molecule has 1 fully saturated rings. The molecule has 1 amide bonds. The number of rotatable bonds is 4. The van der Waals surface area contributed by atoms with Crippen LogP contribution in [0, 0.1) is 0 Å². The van der Waals surface area contributed by atoms with Crippen LogP contribution in [0.3, 0.4) is 0 Å². The van der Waals surface area contributed by atoms with Crippen LogP contribution in [0.1, 0.15) is 23.7 Å². The molecule has 0 aliphatic carbocycles. The Morgan fingerprint density at radius 3 is 2.83 bits per heavy atom. The summed E-state index contributed by atoms with van der Waals surface area (Å²) in [6.45, 7) is 1.56. The highest BCUT2D eigenvalue weighted by Crippen LogP contribution is 2.25. The molecular formula is C18H18N4O. The van der Waals surface area contributed by atoms with Crippen molar-refractivity contribution in [2.75, 3.05) is 13.1 Å². The fourth-order valence-corrected chi connectivity index (χ4v) is 2.99. The Hall–Kier alpha value is -2.69. The number of imidazole rings is 1. The molecule has 23 heavy (non-hydrogen) atoms. The summed E-state index contributed by atoms with van der Waals surface area (Å²) in [5.41, 5.74) is 2.97. The Bertz CT molecular complexity index is 788. The number of carbonyl (C=O) groups excluding carboxylic acids is 1. The van der Waals surface area contributed by atoms with Gasteiger partial charge in [-0.05, 0) is 30.7 Å². The third-order valence-corrected chi connectivity index (χ3v) is 4.35. The quantitative estimate of drug-likeness (QED) is 0.743. The lowest BCUT2D eigenvalue weighted by atomic mass is 9.95. The number of hydrogen-bond donors (Lipinski definition) is 0. The van der Waals surface area contributed by atoms with Gasteiger partial charge in [-0.1, -0.05) is 12.1 Å². The summed E-state index contributed by atoms with van der Waals surface area (Å²) in [5.74, 6) is 0.588. The van der Waals surface area contributed by atoms with Crippen molar-refractivity contribution in [3.05, 3.63) is 66.4 Å². The number of aryl methyl sites for hydroxylation is 1. The Kier molecular flexibility index (Phi) is 3.54. The number of amides is 1. The van der Waals surface area contributed by atoms with Gasteiger partial charge in [0.1, 0.15) is 5.65 Å². The first-order chi connectivity index (χ1) is 11.3. The van der Waals surface area contributed by atoms with Gasteiger partial charge < -0.3 is 9.30 Å². The SMILES string of the molecule is O=C(CCc1cn2ccccc2n1)N1CC(c2ccccn2)C1. The van der Waals surface area contributed by atoms with Crippen molar-refractivity contribution in [2.24, 2.45) is 0 Å². The molecule has 0 N–H and O–H groups in total. The Balaban J connectivity index is 1.31. The van der Waals surface area contributed by atoms with E-state index in [9.17, 15) is 4.79 Å². The number of aromatic nitrogens is 3. The lowest BCUT2D eigenvalue weighted by molar-refractivity contribution is -0.135. The molecule has 0 bridgehead atoms. The van der Waals surface area contributed by atoms with Crippen LogP contribution in [0.5, 0.6) is 0 Å². The minimum Gasteiger partial charge on any atom is -0.341 e. The fourth-order valence-electron chi connectivity index (χ4n) is 2.99. The minimum absolute atomic E-state index is 0.203. The fraction of sp³-hybridized carbons (Fsp3) is 0.278. The highest BCUT2D eigenvalue weighted by atomic mass is 16.2. The van der Waals surface area contributed by atoms with Crippen LogP contribution in [0.15, 0.2) is 55.0 Å². The summed E-state index contributed by atoms with van der Waals surface area (Å²) in [7, 11) is 0. The molecular weight excluding hydrogens is 288 g/mol. The molecule has 5 heteroatoms. The molecule has 3 aromatic rings. The maximum atomic E-state index is 12.3. The molecule has 0 unspecified atom stereocenters. The van der Waals surface area contributed by atoms with Gasteiger partial charge in [0.2, 0.25) is 5.91 Å². The highest BCUT2D eigenvalue weighted by Gasteiger charge is 2.32.